The van der Waals surface area contributed by atoms with Gasteiger partial charge in [-0.15, -0.1) is 0 Å². The maximum atomic E-state index is 12.1. The van der Waals surface area contributed by atoms with Crippen LogP contribution in [0.25, 0.3) is 0 Å². The molecule has 2 saturated heterocycles. The van der Waals surface area contributed by atoms with Gasteiger partial charge in [-0.3, -0.25) is 0 Å². The fourth-order valence-electron chi connectivity index (χ4n) is 2.73. The number of urea groups is 1. The zero-order valence-electron chi connectivity index (χ0n) is 11.9. The van der Waals surface area contributed by atoms with E-state index in [1.165, 1.54) is 12.0 Å². The van der Waals surface area contributed by atoms with Crippen molar-refractivity contribution in [3.05, 3.63) is 0 Å². The first-order valence-electron chi connectivity index (χ1n) is 7.03. The van der Waals surface area contributed by atoms with Crippen LogP contribution in [0.3, 0.4) is 0 Å². The number of ether oxygens (including phenoxy) is 2. The Morgan fingerprint density at radius 1 is 1.33 bits per heavy atom. The molecule has 2 aliphatic rings. The number of esters is 1. The Hall–Kier alpha value is -1.83. The number of hydrogen-bond acceptors (Lipinski definition) is 5. The Labute approximate surface area is 122 Å². The lowest BCUT2D eigenvalue weighted by atomic mass is 10.2. The number of hydrogen-bond donors (Lipinski definition) is 2. The quantitative estimate of drug-likeness (QED) is 0.706. The lowest BCUT2D eigenvalue weighted by Gasteiger charge is -2.23. The van der Waals surface area contributed by atoms with Crippen LogP contribution in [0, 0.1) is 0 Å². The lowest BCUT2D eigenvalue weighted by molar-refractivity contribution is -0.149. The molecule has 118 valence electrons. The minimum absolute atomic E-state index is 0.243. The van der Waals surface area contributed by atoms with Crippen molar-refractivity contribution in [2.75, 3.05) is 20.2 Å². The molecule has 0 aromatic rings. The number of carbonyl (C=O) groups is 3. The molecule has 0 spiro atoms. The number of carboxylic acids is 1. The van der Waals surface area contributed by atoms with E-state index in [0.29, 0.717) is 25.8 Å². The molecule has 0 aromatic heterocycles. The molecule has 0 aromatic carbocycles. The van der Waals surface area contributed by atoms with E-state index in [4.69, 9.17) is 9.84 Å². The molecular weight excluding hydrogens is 280 g/mol. The van der Waals surface area contributed by atoms with Crippen LogP contribution in [0.2, 0.25) is 0 Å². The van der Waals surface area contributed by atoms with E-state index in [2.05, 4.69) is 10.1 Å². The van der Waals surface area contributed by atoms with Crippen LogP contribution in [0.5, 0.6) is 0 Å². The second kappa shape index (κ2) is 6.75. The van der Waals surface area contributed by atoms with Crippen LogP contribution in [-0.2, 0) is 19.1 Å². The van der Waals surface area contributed by atoms with Crippen molar-refractivity contribution in [3.8, 4) is 0 Å². The van der Waals surface area contributed by atoms with Gasteiger partial charge in [0.15, 0.2) is 6.10 Å². The van der Waals surface area contributed by atoms with Crippen LogP contribution in [0.1, 0.15) is 25.7 Å². The van der Waals surface area contributed by atoms with Gasteiger partial charge in [0.05, 0.1) is 13.2 Å². The molecule has 0 aliphatic carbocycles. The molecular formula is C13H20N2O6. The third-order valence-corrected chi connectivity index (χ3v) is 3.85. The van der Waals surface area contributed by atoms with Crippen molar-refractivity contribution in [1.29, 1.82) is 0 Å². The average molecular weight is 300 g/mol. The Kier molecular flexibility index (Phi) is 5.00. The molecule has 2 rings (SSSR count). The summed E-state index contributed by atoms with van der Waals surface area (Å²) >= 11 is 0. The molecule has 0 radical (unpaired) electrons. The number of nitrogens with zero attached hydrogens (tertiary/aromatic N) is 1. The second-order valence-corrected chi connectivity index (χ2v) is 5.22. The molecule has 21 heavy (non-hydrogen) atoms. The Balaban J connectivity index is 1.79. The highest BCUT2D eigenvalue weighted by molar-refractivity contribution is 5.84. The number of carboxylic acid groups (broad SMARTS) is 1. The average Bonchev–Trinajstić information content (AvgIpc) is 3.12. The highest BCUT2D eigenvalue weighted by Gasteiger charge is 2.36. The summed E-state index contributed by atoms with van der Waals surface area (Å²) in [7, 11) is 1.30. The number of rotatable bonds is 4. The summed E-state index contributed by atoms with van der Waals surface area (Å²) < 4.78 is 9.99. The molecule has 3 atom stereocenters. The molecule has 2 heterocycles. The summed E-state index contributed by atoms with van der Waals surface area (Å²) in [6.07, 6.45) is 1.31. The van der Waals surface area contributed by atoms with Gasteiger partial charge in [0.1, 0.15) is 6.04 Å². The highest BCUT2D eigenvalue weighted by atomic mass is 16.5. The van der Waals surface area contributed by atoms with Gasteiger partial charge >= 0.3 is 18.0 Å². The molecule has 8 heteroatoms. The number of aliphatic carboxylic acids is 1. The van der Waals surface area contributed by atoms with E-state index in [1.54, 1.807) is 0 Å². The third-order valence-electron chi connectivity index (χ3n) is 3.85. The van der Waals surface area contributed by atoms with Crippen molar-refractivity contribution >= 4 is 18.0 Å². The first-order valence-corrected chi connectivity index (χ1v) is 7.03. The lowest BCUT2D eigenvalue weighted by Crippen LogP contribution is -2.48. The summed E-state index contributed by atoms with van der Waals surface area (Å²) in [6.45, 7) is 0.752. The van der Waals surface area contributed by atoms with E-state index < -0.39 is 24.1 Å². The van der Waals surface area contributed by atoms with E-state index >= 15 is 0 Å². The maximum Gasteiger partial charge on any atom is 0.332 e. The van der Waals surface area contributed by atoms with Crippen molar-refractivity contribution in [1.82, 2.24) is 10.2 Å². The summed E-state index contributed by atoms with van der Waals surface area (Å²) in [4.78, 5) is 35.9. The van der Waals surface area contributed by atoms with Crippen LogP contribution in [-0.4, -0.2) is 66.4 Å². The van der Waals surface area contributed by atoms with Gasteiger partial charge in [0, 0.05) is 13.1 Å². The van der Waals surface area contributed by atoms with E-state index in [-0.39, 0.29) is 18.7 Å². The van der Waals surface area contributed by atoms with Crippen molar-refractivity contribution in [2.24, 2.45) is 0 Å². The minimum Gasteiger partial charge on any atom is -0.479 e. The first-order chi connectivity index (χ1) is 10.0. The van der Waals surface area contributed by atoms with Gasteiger partial charge < -0.3 is 24.8 Å². The normalized spacial score (nSPS) is 28.4. The molecule has 0 bridgehead atoms. The second-order valence-electron chi connectivity index (χ2n) is 5.22. The predicted molar refractivity (Wildman–Crippen MR) is 70.7 cm³/mol. The smallest absolute Gasteiger partial charge is 0.332 e. The molecule has 8 nitrogen and oxygen atoms in total. The highest BCUT2D eigenvalue weighted by Crippen LogP contribution is 2.20. The molecule has 0 saturated carbocycles. The Morgan fingerprint density at radius 3 is 2.71 bits per heavy atom. The molecule has 2 amide bonds. The summed E-state index contributed by atoms with van der Waals surface area (Å²) in [5.74, 6) is -1.39. The van der Waals surface area contributed by atoms with Crippen LogP contribution in [0.15, 0.2) is 0 Å². The SMILES string of the molecule is COC(=O)C1CCCN1C(=O)NCC1CCC(C(=O)O)O1. The van der Waals surface area contributed by atoms with Gasteiger partial charge in [0.25, 0.3) is 0 Å². The topological polar surface area (TPSA) is 105 Å². The number of carbonyl (C=O) groups excluding carboxylic acids is 2. The largest absolute Gasteiger partial charge is 0.479 e. The molecule has 2 aliphatic heterocycles. The summed E-state index contributed by atoms with van der Waals surface area (Å²) in [5.41, 5.74) is 0. The van der Waals surface area contributed by atoms with Crippen molar-refractivity contribution in [2.45, 2.75) is 43.9 Å². The molecule has 2 fully saturated rings. The van der Waals surface area contributed by atoms with E-state index in [0.717, 1.165) is 6.42 Å². The van der Waals surface area contributed by atoms with Gasteiger partial charge in [0.2, 0.25) is 0 Å². The van der Waals surface area contributed by atoms with Crippen molar-refractivity contribution < 1.29 is 29.0 Å². The minimum atomic E-state index is -0.978. The molecule has 2 N–H and O–H groups in total. The van der Waals surface area contributed by atoms with Gasteiger partial charge in [-0.2, -0.15) is 0 Å². The number of nitrogens with one attached hydrogen (secondary N) is 1. The van der Waals surface area contributed by atoms with E-state index in [1.807, 2.05) is 0 Å². The van der Waals surface area contributed by atoms with Crippen LogP contribution in [0.4, 0.5) is 4.79 Å². The van der Waals surface area contributed by atoms with Gasteiger partial charge in [-0.05, 0) is 25.7 Å². The van der Waals surface area contributed by atoms with Crippen LogP contribution >= 0.6 is 0 Å². The Morgan fingerprint density at radius 2 is 2.10 bits per heavy atom. The Bertz CT molecular complexity index is 427. The predicted octanol–water partition coefficient (Wildman–Crippen LogP) is -0.0344. The van der Waals surface area contributed by atoms with E-state index in [9.17, 15) is 14.4 Å². The zero-order valence-corrected chi connectivity index (χ0v) is 11.9. The third kappa shape index (κ3) is 3.63. The number of methoxy groups -OCH3 is 1. The number of likely N-dealkylation sites (tertiary alicyclic amines) is 1. The van der Waals surface area contributed by atoms with Gasteiger partial charge in [-0.25, -0.2) is 14.4 Å². The monoisotopic (exact) mass is 300 g/mol. The van der Waals surface area contributed by atoms with Crippen LogP contribution < -0.4 is 5.32 Å². The fourth-order valence-corrected chi connectivity index (χ4v) is 2.73. The maximum absolute atomic E-state index is 12.1. The number of amides is 2. The summed E-state index contributed by atoms with van der Waals surface area (Å²) in [6, 6.07) is -0.878. The fraction of sp³-hybridized carbons (Fsp3) is 0.769. The zero-order chi connectivity index (χ0) is 15.4. The summed E-state index contributed by atoms with van der Waals surface area (Å²) in [5, 5.41) is 11.5. The molecule has 3 unspecified atom stereocenters. The van der Waals surface area contributed by atoms with Crippen molar-refractivity contribution in [3.63, 3.8) is 0 Å². The van der Waals surface area contributed by atoms with Gasteiger partial charge in [-0.1, -0.05) is 0 Å². The standard InChI is InChI=1S/C13H20N2O6/c1-20-12(18)9-3-2-6-15(9)13(19)14-7-8-4-5-10(21-8)11(16)17/h8-10H,2-7H2,1H3,(H,14,19)(H,16,17). The first kappa shape index (κ1) is 15.6.